The normalized spacial score (nSPS) is 13.1. The van der Waals surface area contributed by atoms with Crippen molar-refractivity contribution in [3.63, 3.8) is 0 Å². The zero-order chi connectivity index (χ0) is 24.5. The number of benzene rings is 1. The molecule has 1 aromatic rings. The van der Waals surface area contributed by atoms with Gasteiger partial charge in [0.2, 0.25) is 0 Å². The Labute approximate surface area is 193 Å². The molecule has 6 heteroatoms. The lowest BCUT2D eigenvalue weighted by Gasteiger charge is -2.31. The number of halogens is 2. The number of carbonyl (C=O) groups excluding carboxylic acids is 1. The minimum Gasteiger partial charge on any atom is -0.449 e. The molecule has 0 aliphatic carbocycles. The Morgan fingerprint density at radius 2 is 1.69 bits per heavy atom. The number of alkyl halides is 2. The maximum absolute atomic E-state index is 13.6. The van der Waals surface area contributed by atoms with Crippen LogP contribution in [0.3, 0.4) is 0 Å². The molecule has 0 saturated heterocycles. The molecule has 4 nitrogen and oxygen atoms in total. The average molecular weight is 453 g/mol. The van der Waals surface area contributed by atoms with Crippen LogP contribution < -0.4 is 5.32 Å². The third-order valence-electron chi connectivity index (χ3n) is 5.41. The first-order chi connectivity index (χ1) is 14.8. The minimum atomic E-state index is -2.84. The number of carbonyl (C=O) groups is 1. The van der Waals surface area contributed by atoms with E-state index in [1.165, 1.54) is 17.7 Å². The summed E-state index contributed by atoms with van der Waals surface area (Å²) >= 11 is 0. The van der Waals surface area contributed by atoms with E-state index in [0.29, 0.717) is 32.2 Å². The first kappa shape index (κ1) is 28.1. The van der Waals surface area contributed by atoms with Crippen molar-refractivity contribution in [1.29, 1.82) is 0 Å². The third kappa shape index (κ3) is 9.68. The monoisotopic (exact) mass is 452 g/mol. The number of rotatable bonds is 12. The van der Waals surface area contributed by atoms with Crippen molar-refractivity contribution in [2.75, 3.05) is 26.2 Å². The van der Waals surface area contributed by atoms with Crippen molar-refractivity contribution in [2.24, 2.45) is 5.92 Å². The summed E-state index contributed by atoms with van der Waals surface area (Å²) in [6.07, 6.45) is 2.70. The van der Waals surface area contributed by atoms with Crippen molar-refractivity contribution in [3.8, 4) is 0 Å². The summed E-state index contributed by atoms with van der Waals surface area (Å²) in [6, 6.07) is 6.73. The summed E-state index contributed by atoms with van der Waals surface area (Å²) in [4.78, 5) is 14.0. The molecule has 1 aromatic carbocycles. The highest BCUT2D eigenvalue weighted by Crippen LogP contribution is 2.32. The van der Waals surface area contributed by atoms with Gasteiger partial charge in [0.25, 0.3) is 5.92 Å². The lowest BCUT2D eigenvalue weighted by molar-refractivity contribution is 0.0174. The molecule has 0 radical (unpaired) electrons. The molecule has 1 N–H and O–H groups in total. The molecule has 1 atom stereocenters. The molecule has 32 heavy (non-hydrogen) atoms. The van der Waals surface area contributed by atoms with E-state index in [0.717, 1.165) is 18.9 Å². The molecule has 182 valence electrons. The molecule has 0 heterocycles. The molecular formula is C26H42F2N2O2. The Hall–Kier alpha value is -1.95. The standard InChI is InChI=1S/C26H42F2N2O2/c1-9-30(24(31)32-18-20(4)5)15-14-29-23(16-19(2)3)17-25(6,7)21-10-12-22(13-11-21)26(8,27)28/h10-13,16,20,23,29H,9,14-15,17-18H2,1-8H3. The van der Waals surface area contributed by atoms with Crippen LogP contribution in [0.5, 0.6) is 0 Å². The minimum absolute atomic E-state index is 0.0278. The third-order valence-corrected chi connectivity index (χ3v) is 5.41. The topological polar surface area (TPSA) is 41.6 Å². The van der Waals surface area contributed by atoms with Gasteiger partial charge in [-0.2, -0.15) is 0 Å². The molecule has 0 aliphatic heterocycles. The lowest BCUT2D eigenvalue weighted by Crippen LogP contribution is -2.41. The van der Waals surface area contributed by atoms with Crippen LogP contribution in [0.4, 0.5) is 13.6 Å². The number of nitrogens with zero attached hydrogens (tertiary/aromatic N) is 1. The Balaban J connectivity index is 2.79. The van der Waals surface area contributed by atoms with E-state index in [1.807, 2.05) is 20.8 Å². The van der Waals surface area contributed by atoms with Gasteiger partial charge in [0.05, 0.1) is 6.61 Å². The predicted octanol–water partition coefficient (Wildman–Crippen LogP) is 6.50. The van der Waals surface area contributed by atoms with Gasteiger partial charge in [0, 0.05) is 38.2 Å². The van der Waals surface area contributed by atoms with Crippen molar-refractivity contribution in [2.45, 2.75) is 79.2 Å². The number of nitrogens with one attached hydrogen (secondary N) is 1. The lowest BCUT2D eigenvalue weighted by atomic mass is 9.78. The summed E-state index contributed by atoms with van der Waals surface area (Å²) in [5.41, 5.74) is 2.03. The number of hydrogen-bond donors (Lipinski definition) is 1. The Bertz CT molecular complexity index is 733. The van der Waals surface area contributed by atoms with Crippen molar-refractivity contribution < 1.29 is 18.3 Å². The van der Waals surface area contributed by atoms with Gasteiger partial charge in [-0.25, -0.2) is 13.6 Å². The molecular weight excluding hydrogens is 410 g/mol. The molecule has 0 saturated carbocycles. The fourth-order valence-electron chi connectivity index (χ4n) is 3.57. The summed E-state index contributed by atoms with van der Waals surface area (Å²) in [5, 5.41) is 3.55. The van der Waals surface area contributed by atoms with Crippen LogP contribution in [0.2, 0.25) is 0 Å². The van der Waals surface area contributed by atoms with Crippen LogP contribution in [0.15, 0.2) is 35.9 Å². The zero-order valence-corrected chi connectivity index (χ0v) is 21.1. The van der Waals surface area contributed by atoms with Gasteiger partial charge in [0.15, 0.2) is 0 Å². The van der Waals surface area contributed by atoms with Gasteiger partial charge in [0.1, 0.15) is 0 Å². The summed E-state index contributed by atoms with van der Waals surface area (Å²) < 4.78 is 32.5. The molecule has 1 rings (SSSR count). The highest BCUT2D eigenvalue weighted by molar-refractivity contribution is 5.67. The number of allylic oxidation sites excluding steroid dienone is 1. The largest absolute Gasteiger partial charge is 0.449 e. The Morgan fingerprint density at radius 1 is 1.12 bits per heavy atom. The molecule has 0 bridgehead atoms. The molecule has 0 aliphatic rings. The van der Waals surface area contributed by atoms with Gasteiger partial charge in [-0.05, 0) is 44.1 Å². The maximum atomic E-state index is 13.6. The maximum Gasteiger partial charge on any atom is 0.409 e. The second-order valence-corrected chi connectivity index (χ2v) is 9.91. The molecule has 1 unspecified atom stereocenters. The van der Waals surface area contributed by atoms with Gasteiger partial charge in [-0.1, -0.05) is 63.6 Å². The number of likely N-dealkylation sites (N-methyl/N-ethyl adjacent to an activating group) is 1. The van der Waals surface area contributed by atoms with E-state index >= 15 is 0 Å². The first-order valence-electron chi connectivity index (χ1n) is 11.5. The van der Waals surface area contributed by atoms with Crippen LogP contribution in [-0.2, 0) is 16.1 Å². The van der Waals surface area contributed by atoms with E-state index in [2.05, 4.69) is 39.1 Å². The number of amides is 1. The second-order valence-electron chi connectivity index (χ2n) is 9.91. The van der Waals surface area contributed by atoms with E-state index in [1.54, 1.807) is 17.0 Å². The fourth-order valence-corrected chi connectivity index (χ4v) is 3.57. The number of ether oxygens (including phenoxy) is 1. The number of hydrogen-bond acceptors (Lipinski definition) is 3. The van der Waals surface area contributed by atoms with E-state index in [4.69, 9.17) is 4.74 Å². The molecule has 1 amide bonds. The Morgan fingerprint density at radius 3 is 2.16 bits per heavy atom. The SMILES string of the molecule is CCN(CCNC(C=C(C)C)CC(C)(C)c1ccc(C(C)(F)F)cc1)C(=O)OCC(C)C. The zero-order valence-electron chi connectivity index (χ0n) is 21.1. The van der Waals surface area contributed by atoms with Crippen molar-refractivity contribution in [3.05, 3.63) is 47.0 Å². The van der Waals surface area contributed by atoms with E-state index < -0.39 is 5.92 Å². The summed E-state index contributed by atoms with van der Waals surface area (Å²) in [6.45, 7) is 17.4. The highest BCUT2D eigenvalue weighted by Gasteiger charge is 2.27. The molecule has 0 fully saturated rings. The van der Waals surface area contributed by atoms with E-state index in [-0.39, 0.29) is 23.1 Å². The smallest absolute Gasteiger partial charge is 0.409 e. The van der Waals surface area contributed by atoms with Crippen LogP contribution in [0.25, 0.3) is 0 Å². The molecule has 0 aromatic heterocycles. The van der Waals surface area contributed by atoms with Crippen LogP contribution >= 0.6 is 0 Å². The van der Waals surface area contributed by atoms with E-state index in [9.17, 15) is 13.6 Å². The van der Waals surface area contributed by atoms with Crippen molar-refractivity contribution in [1.82, 2.24) is 10.2 Å². The quantitative estimate of drug-likeness (QED) is 0.368. The first-order valence-corrected chi connectivity index (χ1v) is 11.5. The fraction of sp³-hybridized carbons (Fsp3) is 0.654. The van der Waals surface area contributed by atoms with Gasteiger partial charge < -0.3 is 15.0 Å². The average Bonchev–Trinajstić information content (AvgIpc) is 2.68. The summed E-state index contributed by atoms with van der Waals surface area (Å²) in [5.74, 6) is -2.53. The van der Waals surface area contributed by atoms with Gasteiger partial charge in [-0.3, -0.25) is 0 Å². The molecule has 0 spiro atoms. The van der Waals surface area contributed by atoms with Crippen LogP contribution in [0, 0.1) is 5.92 Å². The van der Waals surface area contributed by atoms with Crippen LogP contribution in [0.1, 0.15) is 72.9 Å². The van der Waals surface area contributed by atoms with Gasteiger partial charge >= 0.3 is 6.09 Å². The van der Waals surface area contributed by atoms with Gasteiger partial charge in [-0.15, -0.1) is 0 Å². The highest BCUT2D eigenvalue weighted by atomic mass is 19.3. The van der Waals surface area contributed by atoms with Crippen molar-refractivity contribution >= 4 is 6.09 Å². The van der Waals surface area contributed by atoms with Crippen LogP contribution in [-0.4, -0.2) is 43.3 Å². The summed E-state index contributed by atoms with van der Waals surface area (Å²) in [7, 11) is 0. The predicted molar refractivity (Wildman–Crippen MR) is 128 cm³/mol. The second kappa shape index (κ2) is 12.3. The Kier molecular flexibility index (Phi) is 10.8.